The van der Waals surface area contributed by atoms with Gasteiger partial charge in [-0.3, -0.25) is 4.79 Å². The molecule has 18 heavy (non-hydrogen) atoms. The summed E-state index contributed by atoms with van der Waals surface area (Å²) < 4.78 is 1.04. The van der Waals surface area contributed by atoms with E-state index in [4.69, 9.17) is 10.8 Å². The monoisotopic (exact) mass is 312 g/mol. The number of anilines is 1. The van der Waals surface area contributed by atoms with Crippen molar-refractivity contribution in [2.45, 2.75) is 25.3 Å². The Morgan fingerprint density at radius 3 is 2.56 bits per heavy atom. The Morgan fingerprint density at radius 1 is 1.44 bits per heavy atom. The Hall–Kier alpha value is -1.07. The minimum absolute atomic E-state index is 0.475. The molecule has 0 radical (unpaired) electrons. The van der Waals surface area contributed by atoms with Crippen LogP contribution in [0.2, 0.25) is 0 Å². The lowest BCUT2D eigenvalue weighted by Gasteiger charge is -2.37. The molecule has 1 aliphatic heterocycles. The molecule has 1 fully saturated rings. The van der Waals surface area contributed by atoms with Crippen molar-refractivity contribution in [3.05, 3.63) is 28.2 Å². The van der Waals surface area contributed by atoms with Gasteiger partial charge in [0.05, 0.1) is 5.69 Å². The Kier molecular flexibility index (Phi) is 3.64. The number of hydrogen-bond acceptors (Lipinski definition) is 3. The van der Waals surface area contributed by atoms with E-state index in [1.807, 2.05) is 6.92 Å². The van der Waals surface area contributed by atoms with E-state index in [1.54, 1.807) is 0 Å². The maximum atomic E-state index is 11.1. The number of nitrogens with zero attached hydrogens (tertiary/aromatic N) is 1. The number of carbonyl (C=O) groups is 1. The average molecular weight is 313 g/mol. The zero-order valence-electron chi connectivity index (χ0n) is 10.3. The van der Waals surface area contributed by atoms with E-state index in [0.717, 1.165) is 10.2 Å². The second kappa shape index (κ2) is 4.90. The summed E-state index contributed by atoms with van der Waals surface area (Å²) >= 11 is 3.55. The van der Waals surface area contributed by atoms with Gasteiger partial charge in [-0.2, -0.15) is 0 Å². The van der Waals surface area contributed by atoms with Gasteiger partial charge in [0.2, 0.25) is 0 Å². The third-order valence-electron chi connectivity index (χ3n) is 3.53. The smallest absolute Gasteiger partial charge is 0.323 e. The highest BCUT2D eigenvalue weighted by Gasteiger charge is 2.37. The van der Waals surface area contributed by atoms with E-state index < -0.39 is 11.5 Å². The molecule has 0 aromatic heterocycles. The number of aryl methyl sites for hydroxylation is 1. The largest absolute Gasteiger partial charge is 0.480 e. The van der Waals surface area contributed by atoms with Crippen LogP contribution in [0.25, 0.3) is 0 Å². The number of nitrogens with two attached hydrogens (primary N) is 1. The second-order valence-electron chi connectivity index (χ2n) is 4.90. The van der Waals surface area contributed by atoms with Crippen LogP contribution in [0.3, 0.4) is 0 Å². The summed E-state index contributed by atoms with van der Waals surface area (Å²) in [5.74, 6) is -0.898. The maximum absolute atomic E-state index is 11.1. The lowest BCUT2D eigenvalue weighted by molar-refractivity contribution is -0.144. The SMILES string of the molecule is Cc1ccc(N2CCC(N)(C(=O)O)CC2)c(Br)c1. The summed E-state index contributed by atoms with van der Waals surface area (Å²) in [5.41, 5.74) is 7.10. The van der Waals surface area contributed by atoms with Crippen LogP contribution in [0.5, 0.6) is 0 Å². The molecule has 1 aromatic carbocycles. The summed E-state index contributed by atoms with van der Waals surface area (Å²) in [4.78, 5) is 13.3. The molecule has 0 bridgehead atoms. The fourth-order valence-corrected chi connectivity index (χ4v) is 2.97. The first-order chi connectivity index (χ1) is 8.42. The maximum Gasteiger partial charge on any atom is 0.323 e. The predicted octanol–water partition coefficient (Wildman–Crippen LogP) is 2.14. The summed E-state index contributed by atoms with van der Waals surface area (Å²) in [6.45, 7) is 3.38. The summed E-state index contributed by atoms with van der Waals surface area (Å²) in [5, 5.41) is 9.09. The van der Waals surface area contributed by atoms with Gasteiger partial charge in [-0.25, -0.2) is 0 Å². The van der Waals surface area contributed by atoms with E-state index in [2.05, 4.69) is 39.0 Å². The Morgan fingerprint density at radius 2 is 2.06 bits per heavy atom. The number of carboxylic acid groups (broad SMARTS) is 1. The third-order valence-corrected chi connectivity index (χ3v) is 4.16. The minimum atomic E-state index is -1.06. The first-order valence-corrected chi connectivity index (χ1v) is 6.75. The van der Waals surface area contributed by atoms with Crippen molar-refractivity contribution < 1.29 is 9.90 Å². The molecule has 0 aliphatic carbocycles. The second-order valence-corrected chi connectivity index (χ2v) is 5.76. The molecule has 1 saturated heterocycles. The van der Waals surface area contributed by atoms with Crippen LogP contribution < -0.4 is 10.6 Å². The van der Waals surface area contributed by atoms with Crippen molar-refractivity contribution in [2.24, 2.45) is 5.73 Å². The molecule has 0 spiro atoms. The number of aliphatic carboxylic acids is 1. The van der Waals surface area contributed by atoms with Crippen molar-refractivity contribution in [3.8, 4) is 0 Å². The van der Waals surface area contributed by atoms with Crippen LogP contribution in [0, 0.1) is 6.92 Å². The molecule has 0 amide bonds. The van der Waals surface area contributed by atoms with Gasteiger partial charge in [-0.1, -0.05) is 6.07 Å². The lowest BCUT2D eigenvalue weighted by atomic mass is 9.88. The summed E-state index contributed by atoms with van der Waals surface area (Å²) in [6.07, 6.45) is 0.950. The first kappa shape index (κ1) is 13.4. The number of rotatable bonds is 2. The van der Waals surface area contributed by atoms with E-state index >= 15 is 0 Å². The number of hydrogen-bond donors (Lipinski definition) is 2. The molecule has 3 N–H and O–H groups in total. The Labute approximate surface area is 115 Å². The highest BCUT2D eigenvalue weighted by Crippen LogP contribution is 2.31. The topological polar surface area (TPSA) is 66.6 Å². The fraction of sp³-hybridized carbons (Fsp3) is 0.462. The van der Waals surface area contributed by atoms with E-state index in [9.17, 15) is 4.79 Å². The molecule has 1 aliphatic rings. The number of carboxylic acids is 1. The van der Waals surface area contributed by atoms with Crippen molar-refractivity contribution in [3.63, 3.8) is 0 Å². The zero-order valence-corrected chi connectivity index (χ0v) is 11.9. The van der Waals surface area contributed by atoms with E-state index in [1.165, 1.54) is 5.56 Å². The molecule has 2 rings (SSSR count). The van der Waals surface area contributed by atoms with Crippen molar-refractivity contribution in [2.75, 3.05) is 18.0 Å². The summed E-state index contributed by atoms with van der Waals surface area (Å²) in [7, 11) is 0. The van der Waals surface area contributed by atoms with Gasteiger partial charge in [-0.05, 0) is 53.4 Å². The van der Waals surface area contributed by atoms with Gasteiger partial charge in [-0.15, -0.1) is 0 Å². The van der Waals surface area contributed by atoms with Crippen molar-refractivity contribution in [1.29, 1.82) is 0 Å². The normalized spacial score (nSPS) is 18.7. The zero-order chi connectivity index (χ0) is 13.3. The van der Waals surface area contributed by atoms with Gasteiger partial charge in [0.15, 0.2) is 0 Å². The standard InChI is InChI=1S/C13H17BrN2O2/c1-9-2-3-11(10(14)8-9)16-6-4-13(15,5-7-16)12(17)18/h2-3,8H,4-7,15H2,1H3,(H,17,18). The molecule has 0 atom stereocenters. The van der Waals surface area contributed by atoms with Gasteiger partial charge in [0.1, 0.15) is 5.54 Å². The van der Waals surface area contributed by atoms with Crippen LogP contribution >= 0.6 is 15.9 Å². The fourth-order valence-electron chi connectivity index (χ4n) is 2.23. The van der Waals surface area contributed by atoms with E-state index in [-0.39, 0.29) is 0 Å². The lowest BCUT2D eigenvalue weighted by Crippen LogP contribution is -2.55. The molecule has 0 unspecified atom stereocenters. The number of halogens is 1. The molecule has 1 heterocycles. The molecule has 98 valence electrons. The van der Waals surface area contributed by atoms with Crippen LogP contribution in [-0.2, 0) is 4.79 Å². The quantitative estimate of drug-likeness (QED) is 0.878. The van der Waals surface area contributed by atoms with Gasteiger partial charge >= 0.3 is 5.97 Å². The van der Waals surface area contributed by atoms with Crippen LogP contribution in [0.15, 0.2) is 22.7 Å². The van der Waals surface area contributed by atoms with Crippen molar-refractivity contribution >= 4 is 27.6 Å². The Bertz CT molecular complexity index is 468. The molecular weight excluding hydrogens is 296 g/mol. The van der Waals surface area contributed by atoms with Crippen LogP contribution in [0.4, 0.5) is 5.69 Å². The highest BCUT2D eigenvalue weighted by atomic mass is 79.9. The number of benzene rings is 1. The molecular formula is C13H17BrN2O2. The number of piperidine rings is 1. The Balaban J connectivity index is 2.12. The van der Waals surface area contributed by atoms with Gasteiger partial charge < -0.3 is 15.7 Å². The molecule has 4 nitrogen and oxygen atoms in total. The van der Waals surface area contributed by atoms with E-state index in [0.29, 0.717) is 25.9 Å². The van der Waals surface area contributed by atoms with Crippen LogP contribution in [-0.4, -0.2) is 29.7 Å². The first-order valence-electron chi connectivity index (χ1n) is 5.96. The molecule has 1 aromatic rings. The van der Waals surface area contributed by atoms with Crippen molar-refractivity contribution in [1.82, 2.24) is 0 Å². The predicted molar refractivity (Wildman–Crippen MR) is 74.9 cm³/mol. The molecule has 0 saturated carbocycles. The van der Waals surface area contributed by atoms with Gasteiger partial charge in [0.25, 0.3) is 0 Å². The average Bonchev–Trinajstić information content (AvgIpc) is 2.31. The highest BCUT2D eigenvalue weighted by molar-refractivity contribution is 9.10. The third kappa shape index (κ3) is 2.52. The summed E-state index contributed by atoms with van der Waals surface area (Å²) in [6, 6.07) is 6.18. The van der Waals surface area contributed by atoms with Gasteiger partial charge in [0, 0.05) is 17.6 Å². The minimum Gasteiger partial charge on any atom is -0.480 e. The van der Waals surface area contributed by atoms with Crippen LogP contribution in [0.1, 0.15) is 18.4 Å². The molecule has 5 heteroatoms.